The molecule has 2 heterocycles. The highest BCUT2D eigenvalue weighted by Crippen LogP contribution is 2.30. The van der Waals surface area contributed by atoms with E-state index in [0.717, 1.165) is 49.5 Å². The number of rotatable bonds is 7. The minimum Gasteiger partial charge on any atom is -0.383 e. The molecule has 0 spiro atoms. The van der Waals surface area contributed by atoms with Crippen LogP contribution >= 0.6 is 0 Å². The Morgan fingerprint density at radius 1 is 1.33 bits per heavy atom. The number of aryl methyl sites for hydroxylation is 2. The highest BCUT2D eigenvalue weighted by atomic mass is 16.5. The van der Waals surface area contributed by atoms with E-state index < -0.39 is 0 Å². The van der Waals surface area contributed by atoms with Crippen LogP contribution in [0.2, 0.25) is 0 Å². The third-order valence-corrected chi connectivity index (χ3v) is 5.05. The summed E-state index contributed by atoms with van der Waals surface area (Å²) in [4.78, 5) is 14.9. The first-order valence-corrected chi connectivity index (χ1v) is 9.43. The average Bonchev–Trinajstić information content (AvgIpc) is 3.23. The van der Waals surface area contributed by atoms with E-state index in [1.165, 1.54) is 0 Å². The zero-order valence-electron chi connectivity index (χ0n) is 16.4. The molecule has 7 nitrogen and oxygen atoms in total. The van der Waals surface area contributed by atoms with E-state index in [1.54, 1.807) is 11.8 Å². The Kier molecular flexibility index (Phi) is 6.47. The van der Waals surface area contributed by atoms with Gasteiger partial charge in [0.1, 0.15) is 5.82 Å². The van der Waals surface area contributed by atoms with Gasteiger partial charge >= 0.3 is 6.03 Å². The number of ether oxygens (including phenoxy) is 1. The Morgan fingerprint density at radius 3 is 2.85 bits per heavy atom. The zero-order chi connectivity index (χ0) is 19.2. The maximum absolute atomic E-state index is 12.5. The second-order valence-electron chi connectivity index (χ2n) is 7.08. The van der Waals surface area contributed by atoms with Crippen molar-refractivity contribution in [3.8, 4) is 11.1 Å². The minimum atomic E-state index is -0.189. The summed E-state index contributed by atoms with van der Waals surface area (Å²) >= 11 is 0. The average molecular weight is 371 g/mol. The second kappa shape index (κ2) is 9.01. The summed E-state index contributed by atoms with van der Waals surface area (Å²) in [7, 11) is 3.57. The van der Waals surface area contributed by atoms with Gasteiger partial charge in [-0.1, -0.05) is 30.3 Å². The first-order chi connectivity index (χ1) is 13.1. The quantitative estimate of drug-likeness (QED) is 0.784. The molecule has 3 rings (SSSR count). The smallest absolute Gasteiger partial charge is 0.320 e. The number of carbonyl (C=O) groups is 1. The molecule has 1 aromatic heterocycles. The molecule has 1 aliphatic heterocycles. The van der Waals surface area contributed by atoms with Gasteiger partial charge in [0, 0.05) is 39.4 Å². The Labute approximate surface area is 160 Å². The van der Waals surface area contributed by atoms with Crippen LogP contribution in [0.25, 0.3) is 11.1 Å². The zero-order valence-corrected chi connectivity index (χ0v) is 16.4. The van der Waals surface area contributed by atoms with E-state index in [0.29, 0.717) is 18.3 Å². The standard InChI is InChI=1S/C20H29N5O2/c1-15-18(17-7-5-4-6-8-17)19(24(2)23-15)22-20(26)21-13-16-9-10-25(14-16)11-12-27-3/h4-8,16H,9-14H2,1-3H3,(H2,21,22,26)/t16-/m1/s1. The monoisotopic (exact) mass is 371 g/mol. The van der Waals surface area contributed by atoms with Crippen LogP contribution in [0.4, 0.5) is 10.6 Å². The molecule has 0 unspecified atom stereocenters. The van der Waals surface area contributed by atoms with Gasteiger partial charge in [-0.15, -0.1) is 0 Å². The van der Waals surface area contributed by atoms with Gasteiger partial charge in [0.05, 0.1) is 12.3 Å². The fourth-order valence-electron chi connectivity index (χ4n) is 3.64. The lowest BCUT2D eigenvalue weighted by atomic mass is 10.1. The summed E-state index contributed by atoms with van der Waals surface area (Å²) in [6.07, 6.45) is 1.10. The third-order valence-electron chi connectivity index (χ3n) is 5.05. The summed E-state index contributed by atoms with van der Waals surface area (Å²) in [6.45, 7) is 6.40. The van der Waals surface area contributed by atoms with E-state index in [9.17, 15) is 4.79 Å². The van der Waals surface area contributed by atoms with Gasteiger partial charge in [-0.2, -0.15) is 5.10 Å². The first-order valence-electron chi connectivity index (χ1n) is 9.43. The van der Waals surface area contributed by atoms with Crippen molar-refractivity contribution in [2.75, 3.05) is 45.2 Å². The predicted octanol–water partition coefficient (Wildman–Crippen LogP) is 2.49. The summed E-state index contributed by atoms with van der Waals surface area (Å²) in [5.74, 6) is 1.19. The maximum atomic E-state index is 12.5. The molecule has 27 heavy (non-hydrogen) atoms. The number of hydrogen-bond acceptors (Lipinski definition) is 4. The Hall–Kier alpha value is -2.38. The normalized spacial score (nSPS) is 17.2. The van der Waals surface area contributed by atoms with Crippen LogP contribution in [0.3, 0.4) is 0 Å². The third kappa shape index (κ3) is 4.87. The van der Waals surface area contributed by atoms with Crippen molar-refractivity contribution in [2.24, 2.45) is 13.0 Å². The number of amides is 2. The SMILES string of the molecule is COCCN1CC[C@H](CNC(=O)Nc2c(-c3ccccc3)c(C)nn2C)C1. The molecule has 2 amide bonds. The van der Waals surface area contributed by atoms with Crippen LogP contribution in [0.15, 0.2) is 30.3 Å². The molecular formula is C20H29N5O2. The molecular weight excluding hydrogens is 342 g/mol. The molecule has 1 aliphatic rings. The highest BCUT2D eigenvalue weighted by Gasteiger charge is 2.23. The number of benzene rings is 1. The molecule has 1 saturated heterocycles. The van der Waals surface area contributed by atoms with E-state index in [-0.39, 0.29) is 6.03 Å². The number of likely N-dealkylation sites (tertiary alicyclic amines) is 1. The summed E-state index contributed by atoms with van der Waals surface area (Å²) < 4.78 is 6.86. The fraction of sp³-hybridized carbons (Fsp3) is 0.500. The minimum absolute atomic E-state index is 0.189. The molecule has 146 valence electrons. The molecule has 1 aromatic carbocycles. The Bertz CT molecular complexity index is 759. The number of hydrogen-bond donors (Lipinski definition) is 2. The van der Waals surface area contributed by atoms with Gasteiger partial charge in [-0.05, 0) is 31.4 Å². The van der Waals surface area contributed by atoms with Gasteiger partial charge in [0.2, 0.25) is 0 Å². The number of urea groups is 1. The van der Waals surface area contributed by atoms with Crippen LogP contribution in [0.1, 0.15) is 12.1 Å². The van der Waals surface area contributed by atoms with E-state index in [2.05, 4.69) is 20.6 Å². The van der Waals surface area contributed by atoms with Crippen molar-refractivity contribution in [3.05, 3.63) is 36.0 Å². The molecule has 0 aliphatic carbocycles. The molecule has 1 fully saturated rings. The topological polar surface area (TPSA) is 71.4 Å². The van der Waals surface area contributed by atoms with E-state index in [4.69, 9.17) is 4.74 Å². The van der Waals surface area contributed by atoms with Crippen molar-refractivity contribution in [2.45, 2.75) is 13.3 Å². The number of anilines is 1. The first kappa shape index (κ1) is 19.4. The van der Waals surface area contributed by atoms with E-state index >= 15 is 0 Å². The number of nitrogens with one attached hydrogen (secondary N) is 2. The molecule has 7 heteroatoms. The number of nitrogens with zero attached hydrogens (tertiary/aromatic N) is 3. The lowest BCUT2D eigenvalue weighted by Crippen LogP contribution is -2.35. The van der Waals surface area contributed by atoms with Crippen molar-refractivity contribution in [3.63, 3.8) is 0 Å². The van der Waals surface area contributed by atoms with Crippen LogP contribution in [-0.2, 0) is 11.8 Å². The Balaban J connectivity index is 1.58. The lowest BCUT2D eigenvalue weighted by molar-refractivity contribution is 0.159. The maximum Gasteiger partial charge on any atom is 0.320 e. The van der Waals surface area contributed by atoms with Crippen LogP contribution in [0.5, 0.6) is 0 Å². The summed E-state index contributed by atoms with van der Waals surface area (Å²) in [6, 6.07) is 9.82. The molecule has 2 aromatic rings. The Morgan fingerprint density at radius 2 is 2.11 bits per heavy atom. The van der Waals surface area contributed by atoms with Crippen molar-refractivity contribution < 1.29 is 9.53 Å². The molecule has 2 N–H and O–H groups in total. The summed E-state index contributed by atoms with van der Waals surface area (Å²) in [5.41, 5.74) is 2.89. The molecule has 0 bridgehead atoms. The molecule has 1 atom stereocenters. The lowest BCUT2D eigenvalue weighted by Gasteiger charge is -2.16. The van der Waals surface area contributed by atoms with Gasteiger partial charge in [0.25, 0.3) is 0 Å². The van der Waals surface area contributed by atoms with Crippen molar-refractivity contribution >= 4 is 11.8 Å². The largest absolute Gasteiger partial charge is 0.383 e. The molecule has 0 radical (unpaired) electrons. The van der Waals surface area contributed by atoms with E-state index in [1.807, 2.05) is 44.3 Å². The van der Waals surface area contributed by atoms with Crippen molar-refractivity contribution in [1.82, 2.24) is 20.0 Å². The number of methoxy groups -OCH3 is 1. The van der Waals surface area contributed by atoms with Gasteiger partial charge in [-0.3, -0.25) is 10.00 Å². The molecule has 0 saturated carbocycles. The summed E-state index contributed by atoms with van der Waals surface area (Å²) in [5, 5.41) is 10.5. The van der Waals surface area contributed by atoms with Gasteiger partial charge in [-0.25, -0.2) is 4.79 Å². The second-order valence-corrected chi connectivity index (χ2v) is 7.08. The fourth-order valence-corrected chi connectivity index (χ4v) is 3.64. The highest BCUT2D eigenvalue weighted by molar-refractivity contribution is 5.93. The van der Waals surface area contributed by atoms with Crippen molar-refractivity contribution in [1.29, 1.82) is 0 Å². The van der Waals surface area contributed by atoms with Crippen LogP contribution in [-0.4, -0.2) is 60.6 Å². The van der Waals surface area contributed by atoms with Crippen LogP contribution < -0.4 is 10.6 Å². The number of carbonyl (C=O) groups excluding carboxylic acids is 1. The number of aromatic nitrogens is 2. The van der Waals surface area contributed by atoms with Gasteiger partial charge in [0.15, 0.2) is 0 Å². The van der Waals surface area contributed by atoms with Crippen LogP contribution in [0, 0.1) is 12.8 Å². The van der Waals surface area contributed by atoms with Gasteiger partial charge < -0.3 is 15.0 Å². The predicted molar refractivity (Wildman–Crippen MR) is 107 cm³/mol.